The number of hydrogen-bond acceptors (Lipinski definition) is 11. The number of amides is 3. The number of halogens is 4. The number of rotatable bonds is 11. The van der Waals surface area contributed by atoms with E-state index in [1.165, 1.54) is 23.3 Å². The zero-order valence-corrected chi connectivity index (χ0v) is 39.3. The summed E-state index contributed by atoms with van der Waals surface area (Å²) in [4.78, 5) is 65.7. The molecule has 1 saturated heterocycles. The number of methoxy groups -OCH3 is 1. The lowest BCUT2D eigenvalue weighted by atomic mass is 10.0. The third-order valence-electron chi connectivity index (χ3n) is 12.7. The lowest BCUT2D eigenvalue weighted by molar-refractivity contribution is -0.140. The number of pyridine rings is 1. The minimum Gasteiger partial charge on any atom is -0.495 e. The Kier molecular flexibility index (Phi) is 14.2. The first-order chi connectivity index (χ1) is 31.6. The Morgan fingerprint density at radius 1 is 1.03 bits per heavy atom. The Morgan fingerprint density at radius 3 is 2.55 bits per heavy atom. The average molecular weight is 973 g/mol. The van der Waals surface area contributed by atoms with Gasteiger partial charge in [0, 0.05) is 40.8 Å². The smallest absolute Gasteiger partial charge is 0.408 e. The Morgan fingerprint density at radius 2 is 1.79 bits per heavy atom. The SMILES string of the molecule is COc1ccc2c(O[C@@H]3C[C@H]4C(=O)N[C@]5(P(=O)(O)Cc6c(F)ccc(F)c6F)C[C@H]5/C=C\CCCCC[C@H](NC(=O)OC5CCCC5)C(=O)N4C3)cc(-c3csc(NC(C)C)n3)nc2c1Cl. The van der Waals surface area contributed by atoms with Gasteiger partial charge in [-0.25, -0.2) is 27.9 Å². The molecule has 2 aliphatic heterocycles. The molecule has 0 radical (unpaired) electrons. The molecule has 3 amide bonds. The lowest BCUT2D eigenvalue weighted by Crippen LogP contribution is -2.55. The van der Waals surface area contributed by atoms with Gasteiger partial charge >= 0.3 is 6.09 Å². The third kappa shape index (κ3) is 10.0. The summed E-state index contributed by atoms with van der Waals surface area (Å²) in [5.74, 6) is -5.64. The molecule has 4 heterocycles. The van der Waals surface area contributed by atoms with Gasteiger partial charge in [-0.05, 0) is 89.5 Å². The normalized spacial score (nSPS) is 25.3. The molecule has 20 heteroatoms. The summed E-state index contributed by atoms with van der Waals surface area (Å²) in [5.41, 5.74) is 0.394. The molecular weight excluding hydrogens is 920 g/mol. The molecule has 6 atom stereocenters. The standard InChI is InChI=1S/C46H53ClF3N6O8PS/c1-25(2)51-44-53-35(24-66-44)34-20-38(29-15-18-37(62-3)39(47)41(29)52-34)63-28-19-36-42(57)55-46(65(60,61)23-30-31(48)16-17-32(49)40(30)50)21-26(46)11-7-5-4-6-8-14-33(43(58)56(36)22-28)54-45(59)64-27-12-9-10-13-27/h7,11,15-18,20,24-28,33,36H,4-6,8-10,12-14,19,21-23H2,1-3H3,(H,51,53)(H,54,59)(H,55,57)(H,60,61)/b11-7-/t26-,28-,33+,36+,46+/m1/s1. The second kappa shape index (κ2) is 19.7. The van der Waals surface area contributed by atoms with Crippen molar-refractivity contribution in [3.05, 3.63) is 75.9 Å². The van der Waals surface area contributed by atoms with Crippen molar-refractivity contribution in [1.82, 2.24) is 25.5 Å². The number of fused-ring (bicyclic) bond motifs is 3. The molecule has 2 saturated carbocycles. The van der Waals surface area contributed by atoms with E-state index in [9.17, 15) is 37.0 Å². The van der Waals surface area contributed by atoms with Gasteiger partial charge in [0.05, 0.1) is 31.0 Å². The van der Waals surface area contributed by atoms with Crippen LogP contribution in [0.5, 0.6) is 11.5 Å². The Bertz CT molecular complexity index is 2580. The quantitative estimate of drug-likeness (QED) is 0.0639. The fourth-order valence-corrected chi connectivity index (χ4v) is 12.7. The first-order valence-electron chi connectivity index (χ1n) is 22.3. The van der Waals surface area contributed by atoms with Gasteiger partial charge in [-0.3, -0.25) is 14.2 Å². The van der Waals surface area contributed by atoms with E-state index in [0.717, 1.165) is 12.8 Å². The van der Waals surface area contributed by atoms with E-state index in [0.29, 0.717) is 89.6 Å². The monoisotopic (exact) mass is 972 g/mol. The second-order valence-corrected chi connectivity index (χ2v) is 21.5. The molecule has 14 nitrogen and oxygen atoms in total. The number of benzene rings is 2. The van der Waals surface area contributed by atoms with Gasteiger partial charge in [-0.1, -0.05) is 36.6 Å². The van der Waals surface area contributed by atoms with Gasteiger partial charge in [-0.2, -0.15) is 0 Å². The molecule has 0 bridgehead atoms. The van der Waals surface area contributed by atoms with Crippen LogP contribution in [0.15, 0.2) is 47.9 Å². The summed E-state index contributed by atoms with van der Waals surface area (Å²) >= 11 is 8.24. The second-order valence-electron chi connectivity index (χ2n) is 17.8. The van der Waals surface area contributed by atoms with Crippen LogP contribution < -0.4 is 25.4 Å². The fourth-order valence-electron chi connectivity index (χ4n) is 9.20. The zero-order chi connectivity index (χ0) is 46.9. The number of thiazole rings is 1. The molecule has 2 aromatic heterocycles. The zero-order valence-electron chi connectivity index (χ0n) is 36.8. The van der Waals surface area contributed by atoms with Gasteiger partial charge < -0.3 is 40.0 Å². The van der Waals surface area contributed by atoms with Gasteiger partial charge in [-0.15, -0.1) is 11.3 Å². The summed E-state index contributed by atoms with van der Waals surface area (Å²) in [6.07, 6.45) is 6.35. The molecule has 2 aliphatic carbocycles. The summed E-state index contributed by atoms with van der Waals surface area (Å²) < 4.78 is 76.7. The molecule has 4 aliphatic rings. The van der Waals surface area contributed by atoms with E-state index in [2.05, 4.69) is 16.0 Å². The number of nitrogens with one attached hydrogen (secondary N) is 3. The lowest BCUT2D eigenvalue weighted by Gasteiger charge is -2.31. The summed E-state index contributed by atoms with van der Waals surface area (Å²) in [5, 5.41) is 10.2. The van der Waals surface area contributed by atoms with Crippen molar-refractivity contribution in [2.75, 3.05) is 19.0 Å². The van der Waals surface area contributed by atoms with Crippen LogP contribution in [0.4, 0.5) is 23.1 Å². The number of anilines is 1. The van der Waals surface area contributed by atoms with E-state index in [1.54, 1.807) is 24.3 Å². The number of carbonyl (C=O) groups is 3. The molecule has 4 N–H and O–H groups in total. The Labute approximate surface area is 389 Å². The topological polar surface area (TPSA) is 181 Å². The number of alkyl carbamates (subject to hydrolysis) is 1. The van der Waals surface area contributed by atoms with Crippen molar-refractivity contribution >= 4 is 64.2 Å². The molecule has 1 unspecified atom stereocenters. The van der Waals surface area contributed by atoms with Gasteiger partial charge in [0.15, 0.2) is 16.8 Å². The highest BCUT2D eigenvalue weighted by atomic mass is 35.5. The van der Waals surface area contributed by atoms with Crippen molar-refractivity contribution in [3.63, 3.8) is 0 Å². The van der Waals surface area contributed by atoms with Gasteiger partial charge in [0.1, 0.15) is 57.6 Å². The molecule has 3 fully saturated rings. The van der Waals surface area contributed by atoms with Crippen LogP contribution in [0.1, 0.15) is 90.0 Å². The highest BCUT2D eigenvalue weighted by Gasteiger charge is 2.66. The highest BCUT2D eigenvalue weighted by Crippen LogP contribution is 2.71. The number of nitrogens with zero attached hydrogens (tertiary/aromatic N) is 3. The van der Waals surface area contributed by atoms with E-state index in [4.69, 9.17) is 35.8 Å². The van der Waals surface area contributed by atoms with Crippen LogP contribution in [0, 0.1) is 23.4 Å². The summed E-state index contributed by atoms with van der Waals surface area (Å²) in [6.45, 7) is 3.83. The predicted molar refractivity (Wildman–Crippen MR) is 244 cm³/mol. The van der Waals surface area contributed by atoms with Crippen LogP contribution in [-0.2, 0) is 25.1 Å². The van der Waals surface area contributed by atoms with E-state index < -0.39 is 83.8 Å². The molecular formula is C46H53ClF3N6O8PS. The predicted octanol–water partition coefficient (Wildman–Crippen LogP) is 9.47. The minimum atomic E-state index is -4.80. The van der Waals surface area contributed by atoms with Gasteiger partial charge in [0.2, 0.25) is 19.2 Å². The minimum absolute atomic E-state index is 0.0552. The van der Waals surface area contributed by atoms with Crippen LogP contribution in [-0.4, -0.2) is 86.9 Å². The molecule has 2 aromatic carbocycles. The number of ether oxygens (including phenoxy) is 3. The third-order valence-corrected chi connectivity index (χ3v) is 16.5. The van der Waals surface area contributed by atoms with Gasteiger partial charge in [0.25, 0.3) is 0 Å². The fraction of sp³-hybridized carbons (Fsp3) is 0.500. The summed E-state index contributed by atoms with van der Waals surface area (Å²) in [7, 11) is -3.32. The Balaban J connectivity index is 1.15. The maximum Gasteiger partial charge on any atom is 0.408 e. The number of allylic oxidation sites excluding steroid dienone is 1. The molecule has 8 rings (SSSR count). The van der Waals surface area contributed by atoms with E-state index in [-0.39, 0.29) is 43.0 Å². The van der Waals surface area contributed by atoms with Crippen molar-refractivity contribution in [1.29, 1.82) is 0 Å². The van der Waals surface area contributed by atoms with Crippen molar-refractivity contribution < 1.29 is 51.2 Å². The summed E-state index contributed by atoms with van der Waals surface area (Å²) in [6, 6.07) is 4.07. The van der Waals surface area contributed by atoms with Crippen molar-refractivity contribution in [3.8, 4) is 22.9 Å². The molecule has 0 spiro atoms. The molecule has 4 aromatic rings. The highest BCUT2D eigenvalue weighted by molar-refractivity contribution is 7.59. The number of carbonyl (C=O) groups excluding carboxylic acids is 3. The Hall–Kier alpha value is -4.90. The maximum atomic E-state index is 15.0. The molecule has 354 valence electrons. The number of hydrogen-bond donors (Lipinski definition) is 4. The van der Waals surface area contributed by atoms with Crippen molar-refractivity contribution in [2.24, 2.45) is 5.92 Å². The first kappa shape index (κ1) is 47.6. The van der Waals surface area contributed by atoms with E-state index >= 15 is 0 Å². The maximum absolute atomic E-state index is 15.0. The van der Waals surface area contributed by atoms with E-state index in [1.807, 2.05) is 25.3 Å². The first-order valence-corrected chi connectivity index (χ1v) is 25.4. The number of aromatic nitrogens is 2. The van der Waals surface area contributed by atoms with Crippen LogP contribution in [0.2, 0.25) is 5.02 Å². The van der Waals surface area contributed by atoms with Crippen molar-refractivity contribution in [2.45, 2.75) is 126 Å². The van der Waals surface area contributed by atoms with Crippen LogP contribution >= 0.6 is 30.3 Å². The van der Waals surface area contributed by atoms with Crippen LogP contribution in [0.25, 0.3) is 22.3 Å². The molecule has 66 heavy (non-hydrogen) atoms. The average Bonchev–Trinajstić information content (AvgIpc) is 3.69. The van der Waals surface area contributed by atoms with Crippen LogP contribution in [0.3, 0.4) is 0 Å². The largest absolute Gasteiger partial charge is 0.495 e.